The summed E-state index contributed by atoms with van der Waals surface area (Å²) in [7, 11) is 0. The van der Waals surface area contributed by atoms with Crippen molar-refractivity contribution in [2.45, 2.75) is 63.1 Å². The summed E-state index contributed by atoms with van der Waals surface area (Å²) < 4.78 is 0. The predicted molar refractivity (Wildman–Crippen MR) is 71.7 cm³/mol. The largest absolute Gasteiger partial charge is 0.352 e. The minimum Gasteiger partial charge on any atom is -0.352 e. The highest BCUT2D eigenvalue weighted by molar-refractivity contribution is 6.06. The van der Waals surface area contributed by atoms with Gasteiger partial charge in [0.25, 0.3) is 0 Å². The van der Waals surface area contributed by atoms with Crippen molar-refractivity contribution in [3.8, 4) is 0 Å². The molecular weight excluding hydrogens is 258 g/mol. The second kappa shape index (κ2) is 5.52. The molecule has 0 aromatic carbocycles. The minimum absolute atomic E-state index is 0.0853. The van der Waals surface area contributed by atoms with Gasteiger partial charge in [-0.3, -0.25) is 24.6 Å². The normalized spacial score (nSPS) is 27.4. The van der Waals surface area contributed by atoms with Crippen LogP contribution in [0.15, 0.2) is 0 Å². The van der Waals surface area contributed by atoms with Crippen LogP contribution in [-0.4, -0.2) is 47.3 Å². The smallest absolute Gasteiger partial charge is 0.247 e. The monoisotopic (exact) mass is 279 g/mol. The summed E-state index contributed by atoms with van der Waals surface area (Å²) in [6, 6.07) is -0.115. The Morgan fingerprint density at radius 1 is 1.15 bits per heavy atom. The standard InChI is InChI=1S/C14H21N3O3/c18-12(16-9-5-6-9)8-15-11-7-13(19)17(14(11)20)10-3-1-2-4-10/h9-11,15H,1-8H2,(H,16,18). The highest BCUT2D eigenvalue weighted by Gasteiger charge is 2.42. The van der Waals surface area contributed by atoms with Gasteiger partial charge in [-0.25, -0.2) is 0 Å². The quantitative estimate of drug-likeness (QED) is 0.690. The first-order chi connectivity index (χ1) is 9.65. The molecule has 0 spiro atoms. The highest BCUT2D eigenvalue weighted by Crippen LogP contribution is 2.28. The van der Waals surface area contributed by atoms with Gasteiger partial charge in [-0.15, -0.1) is 0 Å². The lowest BCUT2D eigenvalue weighted by atomic mass is 10.2. The molecule has 1 saturated heterocycles. The van der Waals surface area contributed by atoms with Crippen LogP contribution in [0.2, 0.25) is 0 Å². The maximum Gasteiger partial charge on any atom is 0.247 e. The summed E-state index contributed by atoms with van der Waals surface area (Å²) in [5.74, 6) is -0.338. The molecule has 6 nitrogen and oxygen atoms in total. The minimum atomic E-state index is -0.520. The molecule has 1 heterocycles. The van der Waals surface area contributed by atoms with Gasteiger partial charge in [0.1, 0.15) is 0 Å². The van der Waals surface area contributed by atoms with E-state index in [0.29, 0.717) is 6.04 Å². The van der Waals surface area contributed by atoms with E-state index in [1.54, 1.807) is 0 Å². The van der Waals surface area contributed by atoms with Gasteiger partial charge in [-0.05, 0) is 25.7 Å². The fourth-order valence-corrected chi connectivity index (χ4v) is 3.08. The first kappa shape index (κ1) is 13.5. The molecule has 3 amide bonds. The molecule has 3 rings (SSSR count). The van der Waals surface area contributed by atoms with Gasteiger partial charge < -0.3 is 5.32 Å². The zero-order valence-electron chi connectivity index (χ0n) is 11.6. The Morgan fingerprint density at radius 3 is 2.50 bits per heavy atom. The fourth-order valence-electron chi connectivity index (χ4n) is 3.08. The van der Waals surface area contributed by atoms with Crippen LogP contribution in [0.5, 0.6) is 0 Å². The van der Waals surface area contributed by atoms with Gasteiger partial charge in [0.05, 0.1) is 19.0 Å². The van der Waals surface area contributed by atoms with Gasteiger partial charge in [0, 0.05) is 12.1 Å². The van der Waals surface area contributed by atoms with E-state index in [4.69, 9.17) is 0 Å². The molecule has 1 unspecified atom stereocenters. The number of hydrogen-bond donors (Lipinski definition) is 2. The van der Waals surface area contributed by atoms with E-state index in [2.05, 4.69) is 10.6 Å². The molecule has 0 bridgehead atoms. The molecule has 0 aromatic heterocycles. The third kappa shape index (κ3) is 2.85. The van der Waals surface area contributed by atoms with E-state index >= 15 is 0 Å². The van der Waals surface area contributed by atoms with Crippen molar-refractivity contribution in [1.82, 2.24) is 15.5 Å². The second-order valence-corrected chi connectivity index (χ2v) is 6.02. The molecule has 3 fully saturated rings. The lowest BCUT2D eigenvalue weighted by molar-refractivity contribution is -0.141. The first-order valence-corrected chi connectivity index (χ1v) is 7.54. The molecular formula is C14H21N3O3. The summed E-state index contributed by atoms with van der Waals surface area (Å²) in [6.07, 6.45) is 6.29. The fraction of sp³-hybridized carbons (Fsp3) is 0.786. The van der Waals surface area contributed by atoms with Crippen LogP contribution in [0.1, 0.15) is 44.9 Å². The molecule has 20 heavy (non-hydrogen) atoms. The van der Waals surface area contributed by atoms with Gasteiger partial charge in [-0.1, -0.05) is 12.8 Å². The molecule has 1 aliphatic heterocycles. The number of imide groups is 1. The SMILES string of the molecule is O=C(CNC1CC(=O)N(C2CCCC2)C1=O)NC1CC1. The van der Waals surface area contributed by atoms with E-state index in [9.17, 15) is 14.4 Å². The van der Waals surface area contributed by atoms with Crippen LogP contribution >= 0.6 is 0 Å². The zero-order chi connectivity index (χ0) is 14.1. The highest BCUT2D eigenvalue weighted by atomic mass is 16.2. The molecule has 2 saturated carbocycles. The van der Waals surface area contributed by atoms with E-state index in [1.807, 2.05) is 0 Å². The van der Waals surface area contributed by atoms with E-state index in [1.165, 1.54) is 4.90 Å². The van der Waals surface area contributed by atoms with Crippen molar-refractivity contribution < 1.29 is 14.4 Å². The van der Waals surface area contributed by atoms with Crippen molar-refractivity contribution >= 4 is 17.7 Å². The number of carbonyl (C=O) groups is 3. The van der Waals surface area contributed by atoms with Crippen molar-refractivity contribution in [2.24, 2.45) is 0 Å². The third-order valence-electron chi connectivity index (χ3n) is 4.32. The van der Waals surface area contributed by atoms with Crippen molar-refractivity contribution in [3.63, 3.8) is 0 Å². The summed E-state index contributed by atoms with van der Waals surface area (Å²) >= 11 is 0. The number of nitrogens with zero attached hydrogens (tertiary/aromatic N) is 1. The Balaban J connectivity index is 1.51. The maximum atomic E-state index is 12.3. The zero-order valence-corrected chi connectivity index (χ0v) is 11.6. The molecule has 110 valence electrons. The van der Waals surface area contributed by atoms with E-state index < -0.39 is 6.04 Å². The van der Waals surface area contributed by atoms with Crippen molar-refractivity contribution in [1.29, 1.82) is 0 Å². The second-order valence-electron chi connectivity index (χ2n) is 6.02. The molecule has 0 radical (unpaired) electrons. The Morgan fingerprint density at radius 2 is 1.85 bits per heavy atom. The molecule has 1 atom stereocenters. The molecule has 6 heteroatoms. The van der Waals surface area contributed by atoms with Gasteiger partial charge in [0.15, 0.2) is 0 Å². The van der Waals surface area contributed by atoms with E-state index in [0.717, 1.165) is 38.5 Å². The topological polar surface area (TPSA) is 78.5 Å². The van der Waals surface area contributed by atoms with Crippen LogP contribution in [0.4, 0.5) is 0 Å². The number of rotatable bonds is 5. The summed E-state index contributed by atoms with van der Waals surface area (Å²) in [6.45, 7) is 0.110. The van der Waals surface area contributed by atoms with Crippen LogP contribution in [0, 0.1) is 0 Å². The Kier molecular flexibility index (Phi) is 3.74. The number of carbonyl (C=O) groups excluding carboxylic acids is 3. The maximum absolute atomic E-state index is 12.3. The van der Waals surface area contributed by atoms with Crippen LogP contribution in [-0.2, 0) is 14.4 Å². The van der Waals surface area contributed by atoms with Crippen LogP contribution in [0.3, 0.4) is 0 Å². The Bertz CT molecular complexity index is 427. The summed E-state index contributed by atoms with van der Waals surface area (Å²) in [5.41, 5.74) is 0. The van der Waals surface area contributed by atoms with Gasteiger partial charge >= 0.3 is 0 Å². The number of hydrogen-bond acceptors (Lipinski definition) is 4. The van der Waals surface area contributed by atoms with E-state index in [-0.39, 0.29) is 36.7 Å². The number of amides is 3. The number of likely N-dealkylation sites (tertiary alicyclic amines) is 1. The predicted octanol–water partition coefficient (Wildman–Crippen LogP) is -0.0753. The third-order valence-corrected chi connectivity index (χ3v) is 4.32. The van der Waals surface area contributed by atoms with Crippen LogP contribution in [0.25, 0.3) is 0 Å². The molecule has 0 aromatic rings. The number of nitrogens with one attached hydrogen (secondary N) is 2. The molecule has 2 N–H and O–H groups in total. The van der Waals surface area contributed by atoms with Gasteiger partial charge in [0.2, 0.25) is 17.7 Å². The first-order valence-electron chi connectivity index (χ1n) is 7.54. The average Bonchev–Trinajstić information content (AvgIpc) is 2.96. The van der Waals surface area contributed by atoms with Gasteiger partial charge in [-0.2, -0.15) is 0 Å². The summed E-state index contributed by atoms with van der Waals surface area (Å²) in [4.78, 5) is 37.3. The molecule has 3 aliphatic rings. The van der Waals surface area contributed by atoms with Crippen LogP contribution < -0.4 is 10.6 Å². The van der Waals surface area contributed by atoms with Crippen molar-refractivity contribution in [3.05, 3.63) is 0 Å². The summed E-state index contributed by atoms with van der Waals surface area (Å²) in [5, 5.41) is 5.78. The molecule has 2 aliphatic carbocycles. The Labute approximate surface area is 118 Å². The Hall–Kier alpha value is -1.43. The lowest BCUT2D eigenvalue weighted by Crippen LogP contribution is -2.45. The average molecular weight is 279 g/mol. The van der Waals surface area contributed by atoms with Crippen molar-refractivity contribution in [2.75, 3.05) is 6.54 Å². The lowest BCUT2D eigenvalue weighted by Gasteiger charge is -2.22.